The zero-order valence-corrected chi connectivity index (χ0v) is 14.3. The monoisotopic (exact) mass is 322 g/mol. The van der Waals surface area contributed by atoms with Gasteiger partial charge in [-0.3, -0.25) is 0 Å². The van der Waals surface area contributed by atoms with Crippen molar-refractivity contribution in [3.05, 3.63) is 29.8 Å². The molecule has 0 unspecified atom stereocenters. The third-order valence-corrected chi connectivity index (χ3v) is 2.64. The van der Waals surface area contributed by atoms with Crippen LogP contribution in [0.3, 0.4) is 0 Å². The highest BCUT2D eigenvalue weighted by molar-refractivity contribution is 6.02. The fraction of sp³-hybridized carbons (Fsp3) is 0.412. The van der Waals surface area contributed by atoms with Gasteiger partial charge < -0.3 is 18.9 Å². The molecule has 0 bridgehead atoms. The van der Waals surface area contributed by atoms with E-state index in [0.29, 0.717) is 17.2 Å². The van der Waals surface area contributed by atoms with Gasteiger partial charge in [-0.15, -0.1) is 0 Å². The molecule has 0 saturated carbocycles. The summed E-state index contributed by atoms with van der Waals surface area (Å²) in [7, 11) is 2.89. The Kier molecular flexibility index (Phi) is 5.79. The smallest absolute Gasteiger partial charge is 0.346 e. The van der Waals surface area contributed by atoms with E-state index in [0.717, 1.165) is 0 Å². The summed E-state index contributed by atoms with van der Waals surface area (Å²) in [5, 5.41) is 0. The maximum atomic E-state index is 12.1. The molecular weight excluding hydrogens is 300 g/mol. The highest BCUT2D eigenvalue weighted by Crippen LogP contribution is 2.40. The number of ether oxygens (including phenoxy) is 4. The van der Waals surface area contributed by atoms with Crippen LogP contribution in [0, 0.1) is 0 Å². The van der Waals surface area contributed by atoms with Gasteiger partial charge in [-0.25, -0.2) is 9.59 Å². The molecule has 6 nitrogen and oxygen atoms in total. The summed E-state index contributed by atoms with van der Waals surface area (Å²) in [4.78, 5) is 23.5. The number of rotatable bonds is 5. The van der Waals surface area contributed by atoms with E-state index >= 15 is 0 Å². The predicted octanol–water partition coefficient (Wildman–Crippen LogP) is 3.14. The summed E-state index contributed by atoms with van der Waals surface area (Å²) >= 11 is 0. The molecule has 126 valence electrons. The molecule has 0 amide bonds. The van der Waals surface area contributed by atoms with E-state index in [1.165, 1.54) is 33.3 Å². The molecule has 0 spiro atoms. The fourth-order valence-electron chi connectivity index (χ4n) is 1.63. The minimum atomic E-state index is -0.822. The highest BCUT2D eigenvalue weighted by atomic mass is 16.6. The molecule has 0 saturated heterocycles. The Labute approximate surface area is 136 Å². The van der Waals surface area contributed by atoms with Crippen molar-refractivity contribution in [1.82, 2.24) is 0 Å². The normalized spacial score (nSPS) is 10.7. The second-order valence-corrected chi connectivity index (χ2v) is 5.88. The van der Waals surface area contributed by atoms with Crippen LogP contribution in [0.25, 0.3) is 0 Å². The molecule has 0 aliphatic heterocycles. The molecule has 1 aromatic carbocycles. The Morgan fingerprint density at radius 1 is 1.04 bits per heavy atom. The van der Waals surface area contributed by atoms with Gasteiger partial charge in [-0.05, 0) is 39.8 Å². The van der Waals surface area contributed by atoms with Crippen molar-refractivity contribution >= 4 is 11.9 Å². The van der Waals surface area contributed by atoms with Crippen molar-refractivity contribution in [2.45, 2.75) is 33.3 Å². The molecular formula is C17H22O6. The molecule has 23 heavy (non-hydrogen) atoms. The lowest BCUT2D eigenvalue weighted by Crippen LogP contribution is -2.24. The quantitative estimate of drug-likeness (QED) is 0.471. The van der Waals surface area contributed by atoms with Crippen molar-refractivity contribution in [3.8, 4) is 17.2 Å². The number of carbonyl (C=O) groups is 2. The van der Waals surface area contributed by atoms with Gasteiger partial charge in [0.2, 0.25) is 5.75 Å². The van der Waals surface area contributed by atoms with Crippen LogP contribution in [0.4, 0.5) is 0 Å². The van der Waals surface area contributed by atoms with Crippen LogP contribution in [-0.2, 0) is 9.53 Å². The molecule has 0 radical (unpaired) electrons. The number of methoxy groups -OCH3 is 2. The van der Waals surface area contributed by atoms with Crippen LogP contribution in [0.1, 0.15) is 38.1 Å². The van der Waals surface area contributed by atoms with E-state index < -0.39 is 17.5 Å². The third-order valence-electron chi connectivity index (χ3n) is 2.64. The SMILES string of the molecule is C=C(C)C(=O)OC(=O)c1cc(OC)c(OC(C)(C)C)c(OC)c1. The molecule has 0 N–H and O–H groups in total. The van der Waals surface area contributed by atoms with E-state index in [4.69, 9.17) is 18.9 Å². The molecule has 0 atom stereocenters. The van der Waals surface area contributed by atoms with E-state index in [9.17, 15) is 9.59 Å². The molecule has 0 heterocycles. The summed E-state index contributed by atoms with van der Waals surface area (Å²) in [5.41, 5.74) is -0.252. The molecule has 0 aromatic heterocycles. The maximum absolute atomic E-state index is 12.1. The molecule has 0 aliphatic carbocycles. The number of esters is 2. The second-order valence-electron chi connectivity index (χ2n) is 5.88. The van der Waals surface area contributed by atoms with Crippen LogP contribution in [0.5, 0.6) is 17.2 Å². The first-order chi connectivity index (χ1) is 10.6. The van der Waals surface area contributed by atoms with Crippen molar-refractivity contribution in [2.75, 3.05) is 14.2 Å². The molecule has 0 fully saturated rings. The maximum Gasteiger partial charge on any atom is 0.346 e. The van der Waals surface area contributed by atoms with Gasteiger partial charge in [0.05, 0.1) is 19.8 Å². The number of carbonyl (C=O) groups excluding carboxylic acids is 2. The van der Waals surface area contributed by atoms with Crippen LogP contribution in [0.2, 0.25) is 0 Å². The van der Waals surface area contributed by atoms with Gasteiger partial charge in [0, 0.05) is 5.57 Å². The van der Waals surface area contributed by atoms with Crippen molar-refractivity contribution in [3.63, 3.8) is 0 Å². The van der Waals surface area contributed by atoms with E-state index in [1.807, 2.05) is 20.8 Å². The summed E-state index contributed by atoms with van der Waals surface area (Å²) < 4.78 is 21.0. The van der Waals surface area contributed by atoms with E-state index in [2.05, 4.69) is 6.58 Å². The Hall–Kier alpha value is -2.50. The largest absolute Gasteiger partial charge is 0.493 e. The van der Waals surface area contributed by atoms with Gasteiger partial charge in [-0.1, -0.05) is 6.58 Å². The average molecular weight is 322 g/mol. The highest BCUT2D eigenvalue weighted by Gasteiger charge is 2.23. The lowest BCUT2D eigenvalue weighted by molar-refractivity contribution is -0.133. The van der Waals surface area contributed by atoms with Gasteiger partial charge in [0.25, 0.3) is 0 Å². The first kappa shape index (κ1) is 18.5. The van der Waals surface area contributed by atoms with Gasteiger partial charge >= 0.3 is 11.9 Å². The number of hydrogen-bond acceptors (Lipinski definition) is 6. The predicted molar refractivity (Wildman–Crippen MR) is 85.2 cm³/mol. The molecule has 1 rings (SSSR count). The van der Waals surface area contributed by atoms with Gasteiger partial charge in [0.1, 0.15) is 5.60 Å². The standard InChI is InChI=1S/C17H22O6/c1-10(2)15(18)22-16(19)11-8-12(20-6)14(13(9-11)21-7)23-17(3,4)5/h8-9H,1H2,2-7H3. The van der Waals surface area contributed by atoms with E-state index in [-0.39, 0.29) is 11.1 Å². The molecule has 1 aromatic rings. The van der Waals surface area contributed by atoms with Crippen LogP contribution in [-0.4, -0.2) is 31.8 Å². The summed E-state index contributed by atoms with van der Waals surface area (Å²) in [5.74, 6) is -0.645. The van der Waals surface area contributed by atoms with E-state index in [1.54, 1.807) is 0 Å². The topological polar surface area (TPSA) is 71.1 Å². The van der Waals surface area contributed by atoms with Crippen LogP contribution in [0.15, 0.2) is 24.3 Å². The minimum Gasteiger partial charge on any atom is -0.493 e. The van der Waals surface area contributed by atoms with Crippen LogP contribution >= 0.6 is 0 Å². The van der Waals surface area contributed by atoms with Gasteiger partial charge in [0.15, 0.2) is 11.5 Å². The Bertz CT molecular complexity index is 599. The first-order valence-corrected chi connectivity index (χ1v) is 6.96. The first-order valence-electron chi connectivity index (χ1n) is 6.96. The zero-order valence-electron chi connectivity index (χ0n) is 14.3. The zero-order chi connectivity index (χ0) is 17.8. The Balaban J connectivity index is 3.25. The fourth-order valence-corrected chi connectivity index (χ4v) is 1.63. The lowest BCUT2D eigenvalue weighted by Gasteiger charge is -2.24. The van der Waals surface area contributed by atoms with Crippen LogP contribution < -0.4 is 14.2 Å². The van der Waals surface area contributed by atoms with Gasteiger partial charge in [-0.2, -0.15) is 0 Å². The summed E-state index contributed by atoms with van der Waals surface area (Å²) in [6.45, 7) is 10.5. The number of hydrogen-bond donors (Lipinski definition) is 0. The lowest BCUT2D eigenvalue weighted by atomic mass is 10.1. The summed E-state index contributed by atoms with van der Waals surface area (Å²) in [6.07, 6.45) is 0. The number of benzene rings is 1. The Morgan fingerprint density at radius 2 is 1.52 bits per heavy atom. The molecule has 0 aliphatic rings. The van der Waals surface area contributed by atoms with Crippen molar-refractivity contribution < 1.29 is 28.5 Å². The minimum absolute atomic E-state index is 0.106. The van der Waals surface area contributed by atoms with Crippen molar-refractivity contribution in [1.29, 1.82) is 0 Å². The average Bonchev–Trinajstić information content (AvgIpc) is 2.45. The van der Waals surface area contributed by atoms with Crippen molar-refractivity contribution in [2.24, 2.45) is 0 Å². The summed E-state index contributed by atoms with van der Waals surface area (Å²) in [6, 6.07) is 2.86. The third kappa shape index (κ3) is 5.02. The second kappa shape index (κ2) is 7.17. The molecule has 6 heteroatoms. The Morgan fingerprint density at radius 3 is 1.87 bits per heavy atom.